The highest BCUT2D eigenvalue weighted by Crippen LogP contribution is 2.30. The number of carbonyl (C=O) groups excluding carboxylic acids is 1. The van der Waals surface area contributed by atoms with Gasteiger partial charge in [-0.2, -0.15) is 13.2 Å². The minimum atomic E-state index is -5.08. The van der Waals surface area contributed by atoms with Crippen LogP contribution in [0.2, 0.25) is 0 Å². The van der Waals surface area contributed by atoms with Gasteiger partial charge in [0.1, 0.15) is 0 Å². The standard InChI is InChI=1S/C21H16N4O.C2HF3O2/c26-21-16-12-18(25-17(16)7-10-24-21)14-6-9-22-19(11-14)15-5-1-3-13-4-2-8-23-20(13)15;3-2(4,5)1(6)7/h1-6,8-9,11-12,25H,7,10H2,(H,24,26);(H,6,7). The van der Waals surface area contributed by atoms with Crippen LogP contribution in [0.15, 0.2) is 60.9 Å². The van der Waals surface area contributed by atoms with Crippen molar-refractivity contribution >= 4 is 22.8 Å². The fourth-order valence-corrected chi connectivity index (χ4v) is 3.51. The number of alkyl halides is 3. The maximum Gasteiger partial charge on any atom is 0.490 e. The molecule has 0 radical (unpaired) electrons. The first-order valence-corrected chi connectivity index (χ1v) is 9.85. The summed E-state index contributed by atoms with van der Waals surface area (Å²) in [5.74, 6) is -2.77. The second kappa shape index (κ2) is 8.73. The molecule has 7 nitrogen and oxygen atoms in total. The number of hydrogen-bond donors (Lipinski definition) is 3. The fourth-order valence-electron chi connectivity index (χ4n) is 3.51. The van der Waals surface area contributed by atoms with Gasteiger partial charge < -0.3 is 15.4 Å². The number of carboxylic acids is 1. The summed E-state index contributed by atoms with van der Waals surface area (Å²) in [6.45, 7) is 0.676. The number of pyridine rings is 2. The number of aromatic nitrogens is 3. The molecule has 1 aromatic carbocycles. The number of para-hydroxylation sites is 1. The third-order valence-corrected chi connectivity index (χ3v) is 5.03. The first kappa shape index (κ1) is 22.0. The molecular weight excluding hydrogens is 437 g/mol. The van der Waals surface area contributed by atoms with Gasteiger partial charge in [0.05, 0.1) is 16.8 Å². The summed E-state index contributed by atoms with van der Waals surface area (Å²) in [6.07, 6.45) is -0.661. The lowest BCUT2D eigenvalue weighted by Crippen LogP contribution is -2.31. The summed E-state index contributed by atoms with van der Waals surface area (Å²) in [7, 11) is 0. The SMILES string of the molecule is O=C(O)C(F)(F)F.O=C1NCCc2[nH]c(-c3ccnc(-c4cccc5cccnc45)c3)cc21. The number of aliphatic carboxylic acids is 1. The predicted octanol–water partition coefficient (Wildman–Crippen LogP) is 4.21. The highest BCUT2D eigenvalue weighted by atomic mass is 19.4. The molecule has 0 atom stereocenters. The van der Waals surface area contributed by atoms with Crippen LogP contribution in [0.5, 0.6) is 0 Å². The largest absolute Gasteiger partial charge is 0.490 e. The number of nitrogens with zero attached hydrogens (tertiary/aromatic N) is 2. The second-order valence-electron chi connectivity index (χ2n) is 7.19. The van der Waals surface area contributed by atoms with Crippen molar-refractivity contribution in [3.63, 3.8) is 0 Å². The van der Waals surface area contributed by atoms with Gasteiger partial charge >= 0.3 is 12.1 Å². The lowest BCUT2D eigenvalue weighted by Gasteiger charge is -2.11. The average Bonchev–Trinajstić information content (AvgIpc) is 3.24. The Kier molecular flexibility index (Phi) is 5.82. The molecule has 3 aromatic heterocycles. The number of hydrogen-bond acceptors (Lipinski definition) is 4. The number of amides is 1. The van der Waals surface area contributed by atoms with E-state index in [1.807, 2.05) is 48.5 Å². The molecule has 0 saturated heterocycles. The highest BCUT2D eigenvalue weighted by molar-refractivity contribution is 5.98. The topological polar surface area (TPSA) is 108 Å². The van der Waals surface area contributed by atoms with Crippen molar-refractivity contribution in [3.05, 3.63) is 72.2 Å². The van der Waals surface area contributed by atoms with Crippen molar-refractivity contribution in [2.45, 2.75) is 12.6 Å². The number of fused-ring (bicyclic) bond motifs is 2. The first-order chi connectivity index (χ1) is 15.7. The van der Waals surface area contributed by atoms with E-state index in [9.17, 15) is 18.0 Å². The van der Waals surface area contributed by atoms with E-state index in [4.69, 9.17) is 9.90 Å². The predicted molar refractivity (Wildman–Crippen MR) is 114 cm³/mol. The maximum atomic E-state index is 12.0. The summed E-state index contributed by atoms with van der Waals surface area (Å²) in [4.78, 5) is 33.4. The summed E-state index contributed by atoms with van der Waals surface area (Å²) in [5, 5.41) is 11.1. The molecule has 4 aromatic rings. The molecule has 4 heterocycles. The van der Waals surface area contributed by atoms with Gasteiger partial charge in [0, 0.05) is 53.3 Å². The van der Waals surface area contributed by atoms with E-state index >= 15 is 0 Å². The molecule has 33 heavy (non-hydrogen) atoms. The van der Waals surface area contributed by atoms with E-state index in [0.717, 1.165) is 51.1 Å². The quantitative estimate of drug-likeness (QED) is 0.421. The molecule has 0 bridgehead atoms. The van der Waals surface area contributed by atoms with Crippen LogP contribution in [-0.4, -0.2) is 44.7 Å². The molecule has 0 aliphatic carbocycles. The number of H-pyrrole nitrogens is 1. The monoisotopic (exact) mass is 454 g/mol. The van der Waals surface area contributed by atoms with Crippen LogP contribution in [0.1, 0.15) is 16.1 Å². The van der Waals surface area contributed by atoms with Crippen LogP contribution in [0.4, 0.5) is 13.2 Å². The molecule has 0 fully saturated rings. The van der Waals surface area contributed by atoms with Crippen molar-refractivity contribution in [1.82, 2.24) is 20.3 Å². The first-order valence-electron chi connectivity index (χ1n) is 9.85. The van der Waals surface area contributed by atoms with Gasteiger partial charge in [-0.05, 0) is 24.3 Å². The zero-order valence-electron chi connectivity index (χ0n) is 17.0. The van der Waals surface area contributed by atoms with Crippen molar-refractivity contribution in [1.29, 1.82) is 0 Å². The number of nitrogens with one attached hydrogen (secondary N) is 2. The average molecular weight is 454 g/mol. The normalized spacial score (nSPS) is 13.0. The number of rotatable bonds is 2. The Morgan fingerprint density at radius 2 is 1.76 bits per heavy atom. The Bertz CT molecular complexity index is 1340. The van der Waals surface area contributed by atoms with Gasteiger partial charge in [-0.25, -0.2) is 4.79 Å². The maximum absolute atomic E-state index is 12.0. The summed E-state index contributed by atoms with van der Waals surface area (Å²) >= 11 is 0. The van der Waals surface area contributed by atoms with Gasteiger partial charge in [-0.15, -0.1) is 0 Å². The second-order valence-corrected chi connectivity index (χ2v) is 7.19. The molecule has 5 rings (SSSR count). The van der Waals surface area contributed by atoms with Crippen molar-refractivity contribution in [3.8, 4) is 22.5 Å². The molecule has 10 heteroatoms. The number of halogens is 3. The summed E-state index contributed by atoms with van der Waals surface area (Å²) in [5.41, 5.74) is 6.46. The minimum Gasteiger partial charge on any atom is -0.475 e. The Morgan fingerprint density at radius 3 is 2.48 bits per heavy atom. The Morgan fingerprint density at radius 1 is 1.00 bits per heavy atom. The van der Waals surface area contributed by atoms with E-state index in [2.05, 4.69) is 20.3 Å². The number of carboxylic acid groups (broad SMARTS) is 1. The zero-order chi connectivity index (χ0) is 23.6. The van der Waals surface area contributed by atoms with Gasteiger partial charge in [-0.3, -0.25) is 14.8 Å². The van der Waals surface area contributed by atoms with E-state index in [-0.39, 0.29) is 5.91 Å². The van der Waals surface area contributed by atoms with Crippen LogP contribution in [0.25, 0.3) is 33.4 Å². The van der Waals surface area contributed by atoms with E-state index in [0.29, 0.717) is 6.54 Å². The van der Waals surface area contributed by atoms with Crippen molar-refractivity contribution < 1.29 is 27.9 Å². The number of benzene rings is 1. The van der Waals surface area contributed by atoms with E-state index < -0.39 is 12.1 Å². The Labute approximate surface area is 185 Å². The third kappa shape index (κ3) is 4.69. The summed E-state index contributed by atoms with van der Waals surface area (Å²) < 4.78 is 31.7. The molecule has 3 N–H and O–H groups in total. The lowest BCUT2D eigenvalue weighted by molar-refractivity contribution is -0.192. The van der Waals surface area contributed by atoms with E-state index in [1.165, 1.54) is 0 Å². The molecule has 0 spiro atoms. The molecule has 168 valence electrons. The molecule has 1 aliphatic heterocycles. The van der Waals surface area contributed by atoms with Crippen LogP contribution in [-0.2, 0) is 11.2 Å². The van der Waals surface area contributed by atoms with Crippen LogP contribution < -0.4 is 5.32 Å². The van der Waals surface area contributed by atoms with Gasteiger partial charge in [0.2, 0.25) is 0 Å². The number of carbonyl (C=O) groups is 2. The molecule has 0 saturated carbocycles. The van der Waals surface area contributed by atoms with Crippen molar-refractivity contribution in [2.24, 2.45) is 0 Å². The Balaban J connectivity index is 0.000000325. The van der Waals surface area contributed by atoms with Gasteiger partial charge in [-0.1, -0.05) is 24.3 Å². The third-order valence-electron chi connectivity index (χ3n) is 5.03. The lowest BCUT2D eigenvalue weighted by atomic mass is 10.0. The van der Waals surface area contributed by atoms with Crippen LogP contribution in [0, 0.1) is 0 Å². The highest BCUT2D eigenvalue weighted by Gasteiger charge is 2.38. The molecule has 1 amide bonds. The zero-order valence-corrected chi connectivity index (χ0v) is 17.0. The smallest absolute Gasteiger partial charge is 0.475 e. The van der Waals surface area contributed by atoms with Crippen molar-refractivity contribution in [2.75, 3.05) is 6.54 Å². The molecule has 0 unspecified atom stereocenters. The Hall–Kier alpha value is -4.21. The van der Waals surface area contributed by atoms with E-state index in [1.54, 1.807) is 12.4 Å². The fraction of sp³-hybridized carbons (Fsp3) is 0.130. The van der Waals surface area contributed by atoms with Gasteiger partial charge in [0.25, 0.3) is 5.91 Å². The van der Waals surface area contributed by atoms with Crippen LogP contribution >= 0.6 is 0 Å². The summed E-state index contributed by atoms with van der Waals surface area (Å²) in [6, 6.07) is 16.0. The van der Waals surface area contributed by atoms with Crippen LogP contribution in [0.3, 0.4) is 0 Å². The number of aromatic amines is 1. The molecule has 1 aliphatic rings. The van der Waals surface area contributed by atoms with Gasteiger partial charge in [0.15, 0.2) is 0 Å². The minimum absolute atomic E-state index is 0.0127. The molecular formula is C23H17F3N4O3.